The van der Waals surface area contributed by atoms with Gasteiger partial charge in [-0.2, -0.15) is 0 Å². The van der Waals surface area contributed by atoms with Crippen molar-refractivity contribution in [2.45, 2.75) is 4.44 Å². The molecule has 0 fully saturated rings. The SMILES string of the molecule is C=C[CH2][Sn][C](=O)O. The summed E-state index contributed by atoms with van der Waals surface area (Å²) in [5.74, 6) is 0. The zero-order valence-electron chi connectivity index (χ0n) is 3.85. The Morgan fingerprint density at radius 3 is 2.71 bits per heavy atom. The Kier molecular flexibility index (Phi) is 4.18. The van der Waals surface area contributed by atoms with Gasteiger partial charge in [-0.1, -0.05) is 0 Å². The number of hydrogen-bond donors (Lipinski definition) is 1. The first-order valence-corrected chi connectivity index (χ1v) is 5.29. The zero-order chi connectivity index (χ0) is 5.70. The third-order valence-corrected chi connectivity index (χ3v) is 2.67. The van der Waals surface area contributed by atoms with Crippen LogP contribution in [0.15, 0.2) is 12.7 Å². The minimum atomic E-state index is -1.09. The molecule has 0 aliphatic rings. The van der Waals surface area contributed by atoms with Gasteiger partial charge >= 0.3 is 52.1 Å². The molecule has 0 spiro atoms. The van der Waals surface area contributed by atoms with Crippen molar-refractivity contribution < 1.29 is 9.90 Å². The van der Waals surface area contributed by atoms with Crippen LogP contribution in [-0.2, 0) is 0 Å². The van der Waals surface area contributed by atoms with Gasteiger partial charge in [0.2, 0.25) is 0 Å². The minimum absolute atomic E-state index is 0.594. The molecule has 0 bridgehead atoms. The second-order valence-electron chi connectivity index (χ2n) is 0.975. The van der Waals surface area contributed by atoms with E-state index >= 15 is 0 Å². The van der Waals surface area contributed by atoms with Gasteiger partial charge in [-0.3, -0.25) is 0 Å². The van der Waals surface area contributed by atoms with Crippen LogP contribution in [0.1, 0.15) is 0 Å². The summed E-state index contributed by atoms with van der Waals surface area (Å²) >= 11 is -1.09. The summed E-state index contributed by atoms with van der Waals surface area (Å²) in [6.07, 6.45) is 1.67. The molecule has 0 amide bonds. The van der Waals surface area contributed by atoms with Gasteiger partial charge < -0.3 is 0 Å². The summed E-state index contributed by atoms with van der Waals surface area (Å²) < 4.78 is 0.141. The van der Waals surface area contributed by atoms with Crippen molar-refractivity contribution in [1.29, 1.82) is 0 Å². The molecule has 3 heteroatoms. The Morgan fingerprint density at radius 2 is 2.57 bits per heavy atom. The molecular formula is C4H6O2Sn. The molecule has 7 heavy (non-hydrogen) atoms. The van der Waals surface area contributed by atoms with Crippen LogP contribution in [0.3, 0.4) is 0 Å². The van der Waals surface area contributed by atoms with Crippen LogP contribution in [0.4, 0.5) is 4.79 Å². The van der Waals surface area contributed by atoms with Gasteiger partial charge in [-0.25, -0.2) is 0 Å². The second-order valence-corrected chi connectivity index (χ2v) is 4.37. The van der Waals surface area contributed by atoms with Gasteiger partial charge in [0, 0.05) is 0 Å². The number of allylic oxidation sites excluding steroid dienone is 1. The molecule has 0 aromatic heterocycles. The van der Waals surface area contributed by atoms with E-state index in [2.05, 4.69) is 6.58 Å². The maximum atomic E-state index is 9.79. The molecule has 0 aromatic carbocycles. The Labute approximate surface area is 52.4 Å². The van der Waals surface area contributed by atoms with E-state index in [1.54, 1.807) is 6.08 Å². The monoisotopic (exact) mass is 206 g/mol. The third-order valence-electron chi connectivity index (χ3n) is 0.398. The average molecular weight is 205 g/mol. The zero-order valence-corrected chi connectivity index (χ0v) is 6.70. The van der Waals surface area contributed by atoms with Gasteiger partial charge in [0.05, 0.1) is 0 Å². The molecular weight excluding hydrogens is 199 g/mol. The molecule has 0 saturated carbocycles. The molecule has 1 N–H and O–H groups in total. The van der Waals surface area contributed by atoms with E-state index in [9.17, 15) is 4.79 Å². The molecule has 38 valence electrons. The Bertz CT molecular complexity index is 79.8. The van der Waals surface area contributed by atoms with E-state index in [0.29, 0.717) is 0 Å². The van der Waals surface area contributed by atoms with Crippen molar-refractivity contribution in [2.24, 2.45) is 0 Å². The molecule has 0 rings (SSSR count). The quantitative estimate of drug-likeness (QED) is 0.550. The maximum absolute atomic E-state index is 9.79. The van der Waals surface area contributed by atoms with Crippen LogP contribution in [-0.4, -0.2) is 30.2 Å². The molecule has 2 nitrogen and oxygen atoms in total. The van der Waals surface area contributed by atoms with Gasteiger partial charge in [0.25, 0.3) is 0 Å². The molecule has 2 radical (unpaired) electrons. The second kappa shape index (κ2) is 4.18. The van der Waals surface area contributed by atoms with E-state index in [1.807, 2.05) is 0 Å². The summed E-state index contributed by atoms with van der Waals surface area (Å²) in [6, 6.07) is 0. The molecule has 0 aliphatic carbocycles. The van der Waals surface area contributed by atoms with Crippen molar-refractivity contribution in [3.05, 3.63) is 12.7 Å². The van der Waals surface area contributed by atoms with Crippen LogP contribution in [0.25, 0.3) is 0 Å². The fraction of sp³-hybridized carbons (Fsp3) is 0.250. The Hall–Kier alpha value is 0.00870. The molecule has 0 atom stereocenters. The summed E-state index contributed by atoms with van der Waals surface area (Å²) in [5, 5.41) is 8.07. The predicted octanol–water partition coefficient (Wildman–Crippen LogP) is 0.973. The van der Waals surface area contributed by atoms with Crippen molar-refractivity contribution >= 4 is 25.1 Å². The molecule has 0 unspecified atom stereocenters. The summed E-state index contributed by atoms with van der Waals surface area (Å²) in [4.78, 5) is 9.79. The van der Waals surface area contributed by atoms with Gasteiger partial charge in [0.1, 0.15) is 0 Å². The first kappa shape index (κ1) is 7.01. The normalized spacial score (nSPS) is 8.00. The summed E-state index contributed by atoms with van der Waals surface area (Å²) in [7, 11) is 0. The van der Waals surface area contributed by atoms with E-state index in [-0.39, 0.29) is 0 Å². The van der Waals surface area contributed by atoms with Crippen molar-refractivity contribution in [2.75, 3.05) is 0 Å². The van der Waals surface area contributed by atoms with Crippen LogP contribution < -0.4 is 0 Å². The fourth-order valence-electron chi connectivity index (χ4n) is 0.159. The molecule has 0 heterocycles. The molecule has 0 saturated heterocycles. The van der Waals surface area contributed by atoms with Crippen LogP contribution >= 0.6 is 0 Å². The van der Waals surface area contributed by atoms with Crippen molar-refractivity contribution in [3.8, 4) is 0 Å². The van der Waals surface area contributed by atoms with E-state index in [4.69, 9.17) is 5.11 Å². The number of hydrogen-bond acceptors (Lipinski definition) is 1. The number of carbonyl (C=O) groups is 1. The molecule has 0 aliphatic heterocycles. The fourth-order valence-corrected chi connectivity index (χ4v) is 1.07. The summed E-state index contributed by atoms with van der Waals surface area (Å²) in [6.45, 7) is 3.41. The van der Waals surface area contributed by atoms with Gasteiger partial charge in [0.15, 0.2) is 0 Å². The molecule has 0 aromatic rings. The standard InChI is InChI=1S/C3H5.CHO2.Sn/c1-3-2;2-1-3;/h3H,1-2H2;(H,2,3);. The topological polar surface area (TPSA) is 37.3 Å². The first-order valence-electron chi connectivity index (χ1n) is 1.85. The van der Waals surface area contributed by atoms with Crippen LogP contribution in [0.2, 0.25) is 4.44 Å². The van der Waals surface area contributed by atoms with E-state index < -0.39 is 25.1 Å². The summed E-state index contributed by atoms with van der Waals surface area (Å²) in [5.41, 5.74) is 0. The Morgan fingerprint density at radius 1 is 2.00 bits per heavy atom. The van der Waals surface area contributed by atoms with Crippen LogP contribution in [0.5, 0.6) is 0 Å². The first-order chi connectivity index (χ1) is 3.27. The van der Waals surface area contributed by atoms with Crippen molar-refractivity contribution in [3.63, 3.8) is 0 Å². The number of rotatable bonds is 3. The predicted molar refractivity (Wildman–Crippen MR) is 28.8 cm³/mol. The average Bonchev–Trinajstić information content (AvgIpc) is 1.61. The Balaban J connectivity index is 2.97. The van der Waals surface area contributed by atoms with Gasteiger partial charge in [-0.05, 0) is 0 Å². The van der Waals surface area contributed by atoms with E-state index in [1.165, 1.54) is 0 Å². The third kappa shape index (κ3) is 6.01. The van der Waals surface area contributed by atoms with Gasteiger partial charge in [-0.15, -0.1) is 0 Å². The van der Waals surface area contributed by atoms with E-state index in [0.717, 1.165) is 4.44 Å². The van der Waals surface area contributed by atoms with Crippen molar-refractivity contribution in [1.82, 2.24) is 0 Å². The number of carboxylic acid groups (broad SMARTS) is 1. The van der Waals surface area contributed by atoms with Crippen LogP contribution in [0, 0.1) is 0 Å².